The van der Waals surface area contributed by atoms with Crippen LogP contribution in [0.2, 0.25) is 0 Å². The number of benzene rings is 2. The third-order valence-corrected chi connectivity index (χ3v) is 4.75. The molecule has 0 aliphatic rings. The number of hydrogen-bond acceptors (Lipinski definition) is 5. The molecule has 0 aliphatic carbocycles. The summed E-state index contributed by atoms with van der Waals surface area (Å²) < 4.78 is 6.84. The van der Waals surface area contributed by atoms with Gasteiger partial charge >= 0.3 is 0 Å². The Morgan fingerprint density at radius 1 is 0.920 bits per heavy atom. The second-order valence-electron chi connectivity index (χ2n) is 5.81. The zero-order valence-electron chi connectivity index (χ0n) is 13.6. The van der Waals surface area contributed by atoms with Crippen LogP contribution < -0.4 is 10.5 Å². The number of aromatic nitrogens is 2. The minimum Gasteiger partial charge on any atom is -0.473 e. The van der Waals surface area contributed by atoms with Crippen LogP contribution in [-0.2, 0) is 13.0 Å². The molecule has 0 atom stereocenters. The summed E-state index contributed by atoms with van der Waals surface area (Å²) in [6.45, 7) is 0.524. The largest absolute Gasteiger partial charge is 0.473 e. The summed E-state index contributed by atoms with van der Waals surface area (Å²) in [5.74, 6) is 0.637. The third-order valence-electron chi connectivity index (χ3n) is 3.90. The Bertz CT molecular complexity index is 981. The first-order valence-corrected chi connectivity index (χ1v) is 8.84. The summed E-state index contributed by atoms with van der Waals surface area (Å²) in [5, 5.41) is 0.605. The topological polar surface area (TPSA) is 61.0 Å². The van der Waals surface area contributed by atoms with E-state index in [1.54, 1.807) is 0 Å². The highest BCUT2D eigenvalue weighted by molar-refractivity contribution is 7.22. The number of nitrogen functional groups attached to an aromatic ring is 1. The molecule has 2 aromatic heterocycles. The molecule has 0 radical (unpaired) electrons. The summed E-state index contributed by atoms with van der Waals surface area (Å²) in [4.78, 5) is 8.69. The first-order valence-electron chi connectivity index (χ1n) is 8.03. The number of nitrogens with zero attached hydrogens (tertiary/aromatic N) is 2. The van der Waals surface area contributed by atoms with E-state index in [0.717, 1.165) is 27.8 Å². The molecule has 25 heavy (non-hydrogen) atoms. The normalized spacial score (nSPS) is 10.9. The molecule has 2 N–H and O–H groups in total. The predicted molar refractivity (Wildman–Crippen MR) is 102 cm³/mol. The Morgan fingerprint density at radius 2 is 1.76 bits per heavy atom. The van der Waals surface area contributed by atoms with Gasteiger partial charge in [0.25, 0.3) is 0 Å². The van der Waals surface area contributed by atoms with Gasteiger partial charge in [-0.05, 0) is 35.2 Å². The maximum absolute atomic E-state index is 5.76. The highest BCUT2D eigenvalue weighted by atomic mass is 32.1. The minimum atomic E-state index is 0.524. The molecule has 0 fully saturated rings. The standard InChI is InChI=1S/C20H17N3OS/c21-20-23-17-8-6-15(11-18(17)25-20)10-16-7-9-19(22-12-16)24-13-14-4-2-1-3-5-14/h1-9,11-12H,10,13H2,(H2,21,23). The van der Waals surface area contributed by atoms with Gasteiger partial charge in [-0.25, -0.2) is 9.97 Å². The van der Waals surface area contributed by atoms with E-state index in [1.165, 1.54) is 16.9 Å². The van der Waals surface area contributed by atoms with Crippen molar-refractivity contribution in [2.45, 2.75) is 13.0 Å². The first-order chi connectivity index (χ1) is 12.3. The summed E-state index contributed by atoms with van der Waals surface area (Å²) in [5.41, 5.74) is 10.2. The molecule has 5 heteroatoms. The lowest BCUT2D eigenvalue weighted by Gasteiger charge is -2.06. The smallest absolute Gasteiger partial charge is 0.213 e. The quantitative estimate of drug-likeness (QED) is 0.580. The molecule has 4 rings (SSSR count). The summed E-state index contributed by atoms with van der Waals surface area (Å²) in [6.07, 6.45) is 2.69. The minimum absolute atomic E-state index is 0.524. The molecule has 0 spiro atoms. The van der Waals surface area contributed by atoms with Crippen LogP contribution in [0.15, 0.2) is 66.9 Å². The highest BCUT2D eigenvalue weighted by Gasteiger charge is 2.04. The number of fused-ring (bicyclic) bond motifs is 1. The molecule has 0 amide bonds. The second-order valence-corrected chi connectivity index (χ2v) is 6.87. The zero-order valence-corrected chi connectivity index (χ0v) is 14.4. The lowest BCUT2D eigenvalue weighted by molar-refractivity contribution is 0.294. The number of anilines is 1. The second kappa shape index (κ2) is 6.91. The lowest BCUT2D eigenvalue weighted by Crippen LogP contribution is -1.97. The summed E-state index contributed by atoms with van der Waals surface area (Å²) in [6, 6.07) is 20.3. The van der Waals surface area contributed by atoms with E-state index in [0.29, 0.717) is 17.6 Å². The van der Waals surface area contributed by atoms with Crippen molar-refractivity contribution in [3.05, 3.63) is 83.6 Å². The summed E-state index contributed by atoms with van der Waals surface area (Å²) in [7, 11) is 0. The van der Waals surface area contributed by atoms with Crippen LogP contribution in [0.25, 0.3) is 10.2 Å². The molecule has 4 nitrogen and oxygen atoms in total. The lowest BCUT2D eigenvalue weighted by atomic mass is 10.1. The van der Waals surface area contributed by atoms with Crippen LogP contribution in [0, 0.1) is 0 Å². The highest BCUT2D eigenvalue weighted by Crippen LogP contribution is 2.25. The van der Waals surface area contributed by atoms with Crippen molar-refractivity contribution >= 4 is 26.7 Å². The third kappa shape index (κ3) is 3.78. The van der Waals surface area contributed by atoms with E-state index in [-0.39, 0.29) is 0 Å². The van der Waals surface area contributed by atoms with Gasteiger partial charge in [-0.15, -0.1) is 0 Å². The van der Waals surface area contributed by atoms with Crippen LogP contribution >= 0.6 is 11.3 Å². The molecule has 0 saturated heterocycles. The SMILES string of the molecule is Nc1nc2ccc(Cc3ccc(OCc4ccccc4)nc3)cc2s1. The number of ether oxygens (including phenoxy) is 1. The summed E-state index contributed by atoms with van der Waals surface area (Å²) >= 11 is 1.51. The Hall–Kier alpha value is -2.92. The fourth-order valence-corrected chi connectivity index (χ4v) is 3.46. The van der Waals surface area contributed by atoms with Crippen molar-refractivity contribution in [1.29, 1.82) is 0 Å². The molecule has 0 unspecified atom stereocenters. The van der Waals surface area contributed by atoms with Crippen LogP contribution in [0.4, 0.5) is 5.13 Å². The van der Waals surface area contributed by atoms with E-state index in [9.17, 15) is 0 Å². The van der Waals surface area contributed by atoms with Gasteiger partial charge in [0.15, 0.2) is 5.13 Å². The number of hydrogen-bond donors (Lipinski definition) is 1. The van der Waals surface area contributed by atoms with Crippen LogP contribution in [-0.4, -0.2) is 9.97 Å². The Balaban J connectivity index is 1.42. The van der Waals surface area contributed by atoms with Crippen LogP contribution in [0.1, 0.15) is 16.7 Å². The molecule has 2 aromatic carbocycles. The van der Waals surface area contributed by atoms with Crippen molar-refractivity contribution in [3.63, 3.8) is 0 Å². The van der Waals surface area contributed by atoms with Gasteiger partial charge in [-0.1, -0.05) is 53.8 Å². The molecule has 0 aliphatic heterocycles. The van der Waals surface area contributed by atoms with Gasteiger partial charge in [0.2, 0.25) is 5.88 Å². The Morgan fingerprint density at radius 3 is 2.56 bits per heavy atom. The molecule has 4 aromatic rings. The van der Waals surface area contributed by atoms with Crippen molar-refractivity contribution in [2.75, 3.05) is 5.73 Å². The molecule has 2 heterocycles. The monoisotopic (exact) mass is 347 g/mol. The average Bonchev–Trinajstić information content (AvgIpc) is 3.01. The van der Waals surface area contributed by atoms with E-state index >= 15 is 0 Å². The molecule has 0 saturated carbocycles. The number of pyridine rings is 1. The van der Waals surface area contributed by atoms with E-state index in [4.69, 9.17) is 10.5 Å². The van der Waals surface area contributed by atoms with Gasteiger partial charge in [0, 0.05) is 12.3 Å². The fraction of sp³-hybridized carbons (Fsp3) is 0.100. The van der Waals surface area contributed by atoms with Gasteiger partial charge in [-0.2, -0.15) is 0 Å². The number of thiazole rings is 1. The van der Waals surface area contributed by atoms with E-state index < -0.39 is 0 Å². The molecular weight excluding hydrogens is 330 g/mol. The van der Waals surface area contributed by atoms with Gasteiger partial charge in [-0.3, -0.25) is 0 Å². The van der Waals surface area contributed by atoms with Gasteiger partial charge in [0.1, 0.15) is 6.61 Å². The van der Waals surface area contributed by atoms with E-state index in [2.05, 4.69) is 28.2 Å². The molecular formula is C20H17N3OS. The van der Waals surface area contributed by atoms with Crippen molar-refractivity contribution < 1.29 is 4.74 Å². The van der Waals surface area contributed by atoms with Crippen molar-refractivity contribution in [1.82, 2.24) is 9.97 Å². The Labute approximate surface area is 149 Å². The molecule has 0 bridgehead atoms. The number of nitrogens with two attached hydrogens (primary N) is 1. The van der Waals surface area contributed by atoms with Crippen molar-refractivity contribution in [2.24, 2.45) is 0 Å². The van der Waals surface area contributed by atoms with E-state index in [1.807, 2.05) is 48.7 Å². The first kappa shape index (κ1) is 15.6. The van der Waals surface area contributed by atoms with Gasteiger partial charge < -0.3 is 10.5 Å². The zero-order chi connectivity index (χ0) is 17.1. The fourth-order valence-electron chi connectivity index (χ4n) is 2.66. The predicted octanol–water partition coefficient (Wildman–Crippen LogP) is 4.44. The molecule has 124 valence electrons. The number of rotatable bonds is 5. The van der Waals surface area contributed by atoms with Crippen LogP contribution in [0.5, 0.6) is 5.88 Å². The maximum atomic E-state index is 5.76. The van der Waals surface area contributed by atoms with Crippen LogP contribution in [0.3, 0.4) is 0 Å². The van der Waals surface area contributed by atoms with Crippen molar-refractivity contribution in [3.8, 4) is 5.88 Å². The van der Waals surface area contributed by atoms with Gasteiger partial charge in [0.05, 0.1) is 10.2 Å². The maximum Gasteiger partial charge on any atom is 0.213 e. The Kier molecular flexibility index (Phi) is 4.31. The average molecular weight is 347 g/mol.